The Balaban J connectivity index is 1.60. The van der Waals surface area contributed by atoms with Crippen molar-refractivity contribution in [3.63, 3.8) is 0 Å². The monoisotopic (exact) mass is 381 g/mol. The van der Waals surface area contributed by atoms with Crippen LogP contribution >= 0.6 is 0 Å². The summed E-state index contributed by atoms with van der Waals surface area (Å²) in [6.07, 6.45) is 7.49. The highest BCUT2D eigenvalue weighted by Crippen LogP contribution is 2.21. The van der Waals surface area contributed by atoms with Crippen molar-refractivity contribution in [3.8, 4) is 0 Å². The third kappa shape index (κ3) is 9.83. The van der Waals surface area contributed by atoms with E-state index in [1.54, 1.807) is 0 Å². The van der Waals surface area contributed by atoms with Crippen molar-refractivity contribution >= 4 is 17.6 Å². The van der Waals surface area contributed by atoms with Gasteiger partial charge in [0.15, 0.2) is 5.78 Å². The molecule has 0 saturated heterocycles. The molecule has 0 aromatic carbocycles. The lowest BCUT2D eigenvalue weighted by Crippen LogP contribution is -2.44. The van der Waals surface area contributed by atoms with Crippen LogP contribution in [0, 0.1) is 0 Å². The van der Waals surface area contributed by atoms with E-state index in [-0.39, 0.29) is 29.7 Å². The topological polar surface area (TPSA) is 125 Å². The molecular weight excluding hydrogens is 346 g/mol. The van der Waals surface area contributed by atoms with Gasteiger partial charge in [0.05, 0.1) is 18.6 Å². The average molecular weight is 382 g/mol. The number of primary amides is 1. The molecule has 2 aliphatic rings. The van der Waals surface area contributed by atoms with Crippen molar-refractivity contribution in [3.05, 3.63) is 0 Å². The van der Waals surface area contributed by atoms with Crippen molar-refractivity contribution in [2.45, 2.75) is 82.5 Å². The zero-order valence-electron chi connectivity index (χ0n) is 16.4. The third-order valence-corrected chi connectivity index (χ3v) is 4.95. The number of amides is 2. The molecule has 2 saturated carbocycles. The normalized spacial score (nSPS) is 18.7. The molecule has 27 heavy (non-hydrogen) atoms. The lowest BCUT2D eigenvalue weighted by molar-refractivity contribution is -0.121. The first-order valence-electron chi connectivity index (χ1n) is 10.2. The van der Waals surface area contributed by atoms with Crippen LogP contribution in [0.1, 0.15) is 58.3 Å². The van der Waals surface area contributed by atoms with Crippen LogP contribution < -0.4 is 27.0 Å². The van der Waals surface area contributed by atoms with Gasteiger partial charge in [0.1, 0.15) is 0 Å². The molecule has 8 nitrogen and oxygen atoms in total. The molecule has 2 rings (SSSR count). The minimum absolute atomic E-state index is 0.0415. The highest BCUT2D eigenvalue weighted by molar-refractivity contribution is 5.86. The highest BCUT2D eigenvalue weighted by Gasteiger charge is 2.28. The number of carbonyl (C=O) groups is 3. The summed E-state index contributed by atoms with van der Waals surface area (Å²) in [6, 6.07) is 0.482. The van der Waals surface area contributed by atoms with E-state index in [0.717, 1.165) is 44.9 Å². The molecule has 0 aromatic heterocycles. The van der Waals surface area contributed by atoms with E-state index in [2.05, 4.69) is 21.3 Å². The number of Topliss-reactive ketones (excluding diaryl/α,β-unsaturated/α-hetero) is 1. The minimum Gasteiger partial charge on any atom is -0.368 e. The first-order valence-corrected chi connectivity index (χ1v) is 10.2. The van der Waals surface area contributed by atoms with E-state index < -0.39 is 0 Å². The van der Waals surface area contributed by atoms with Gasteiger partial charge < -0.3 is 27.0 Å². The molecule has 0 bridgehead atoms. The molecule has 0 aliphatic heterocycles. The maximum Gasteiger partial charge on any atom is 0.234 e. The lowest BCUT2D eigenvalue weighted by Gasteiger charge is -2.18. The van der Waals surface area contributed by atoms with Crippen LogP contribution in [0.4, 0.5) is 0 Å². The van der Waals surface area contributed by atoms with Crippen molar-refractivity contribution < 1.29 is 14.4 Å². The Morgan fingerprint density at radius 2 is 1.48 bits per heavy atom. The van der Waals surface area contributed by atoms with E-state index in [4.69, 9.17) is 5.73 Å². The Labute approximate surface area is 161 Å². The van der Waals surface area contributed by atoms with Gasteiger partial charge in [0.25, 0.3) is 0 Å². The number of carbonyl (C=O) groups excluding carboxylic acids is 3. The molecular formula is C19H35N5O3. The summed E-state index contributed by atoms with van der Waals surface area (Å²) < 4.78 is 0. The number of hydrogen-bond acceptors (Lipinski definition) is 6. The Hall–Kier alpha value is -1.51. The van der Waals surface area contributed by atoms with Gasteiger partial charge in [0.2, 0.25) is 11.8 Å². The first kappa shape index (κ1) is 21.8. The second-order valence-electron chi connectivity index (χ2n) is 7.80. The fraction of sp³-hybridized carbons (Fsp3) is 0.842. The van der Waals surface area contributed by atoms with Gasteiger partial charge >= 0.3 is 0 Å². The van der Waals surface area contributed by atoms with E-state index in [1.165, 1.54) is 6.92 Å². The van der Waals surface area contributed by atoms with E-state index in [1.807, 2.05) is 0 Å². The Bertz CT molecular complexity index is 506. The predicted molar refractivity (Wildman–Crippen MR) is 104 cm³/mol. The lowest BCUT2D eigenvalue weighted by atomic mass is 10.1. The summed E-state index contributed by atoms with van der Waals surface area (Å²) in [5.74, 6) is -0.182. The molecule has 8 heteroatoms. The maximum atomic E-state index is 12.5. The second-order valence-corrected chi connectivity index (χ2v) is 7.80. The summed E-state index contributed by atoms with van der Waals surface area (Å²) in [5, 5.41) is 12.6. The highest BCUT2D eigenvalue weighted by atomic mass is 16.2. The summed E-state index contributed by atoms with van der Waals surface area (Å²) in [6.45, 7) is 3.10. The van der Waals surface area contributed by atoms with Gasteiger partial charge in [-0.3, -0.25) is 14.4 Å². The molecule has 2 amide bonds. The van der Waals surface area contributed by atoms with Gasteiger partial charge in [-0.25, -0.2) is 0 Å². The van der Waals surface area contributed by atoms with Crippen LogP contribution in [0.15, 0.2) is 0 Å². The summed E-state index contributed by atoms with van der Waals surface area (Å²) in [7, 11) is 0. The zero-order valence-corrected chi connectivity index (χ0v) is 16.4. The van der Waals surface area contributed by atoms with Crippen molar-refractivity contribution in [2.75, 3.05) is 19.6 Å². The summed E-state index contributed by atoms with van der Waals surface area (Å²) >= 11 is 0. The van der Waals surface area contributed by atoms with Crippen molar-refractivity contribution in [2.24, 2.45) is 5.73 Å². The first-order chi connectivity index (χ1) is 13.0. The molecule has 0 radical (unpaired) electrons. The molecule has 2 aliphatic carbocycles. The molecule has 0 spiro atoms. The fourth-order valence-corrected chi connectivity index (χ4v) is 3.05. The molecule has 6 N–H and O–H groups in total. The van der Waals surface area contributed by atoms with Crippen LogP contribution in [0.2, 0.25) is 0 Å². The standard InChI is InChI=1S/C19H35N5O3/c1-13(25)22-11-3-4-16(23-14-6-7-14)18(26)12-21-10-2-5-17(19(20)27)24-15-8-9-15/h14-17,21,23-24H,2-12H2,1H3,(H2,20,27)(H,22,25). The van der Waals surface area contributed by atoms with Gasteiger partial charge in [-0.2, -0.15) is 0 Å². The number of ketones is 1. The van der Waals surface area contributed by atoms with Gasteiger partial charge in [-0.15, -0.1) is 0 Å². The summed E-state index contributed by atoms with van der Waals surface area (Å²) in [4.78, 5) is 34.9. The van der Waals surface area contributed by atoms with Crippen LogP contribution in [-0.2, 0) is 14.4 Å². The minimum atomic E-state index is -0.300. The molecule has 2 fully saturated rings. The Morgan fingerprint density at radius 1 is 0.926 bits per heavy atom. The van der Waals surface area contributed by atoms with E-state index in [0.29, 0.717) is 38.1 Å². The molecule has 154 valence electrons. The number of hydrogen-bond donors (Lipinski definition) is 5. The van der Waals surface area contributed by atoms with Crippen molar-refractivity contribution in [1.82, 2.24) is 21.3 Å². The summed E-state index contributed by atoms with van der Waals surface area (Å²) in [5.41, 5.74) is 5.43. The largest absolute Gasteiger partial charge is 0.368 e. The van der Waals surface area contributed by atoms with Gasteiger partial charge in [0, 0.05) is 25.6 Å². The average Bonchev–Trinajstić information content (AvgIpc) is 3.51. The quantitative estimate of drug-likeness (QED) is 0.231. The molecule has 0 aromatic rings. The SMILES string of the molecule is CC(=O)NCCCC(NC1CC1)C(=O)CNCCCC(NC1CC1)C(N)=O. The molecule has 2 unspecified atom stereocenters. The van der Waals surface area contributed by atoms with E-state index in [9.17, 15) is 14.4 Å². The third-order valence-electron chi connectivity index (χ3n) is 4.95. The second kappa shape index (κ2) is 11.4. The van der Waals surface area contributed by atoms with Crippen LogP contribution in [0.3, 0.4) is 0 Å². The van der Waals surface area contributed by atoms with Gasteiger partial charge in [-0.05, 0) is 57.9 Å². The van der Waals surface area contributed by atoms with E-state index >= 15 is 0 Å². The predicted octanol–water partition coefficient (Wildman–Crippen LogP) is -0.432. The molecule has 2 atom stereocenters. The Kier molecular flexibility index (Phi) is 9.17. The number of rotatable bonds is 16. The number of nitrogens with two attached hydrogens (primary N) is 1. The fourth-order valence-electron chi connectivity index (χ4n) is 3.05. The zero-order chi connectivity index (χ0) is 19.6. The van der Waals surface area contributed by atoms with Crippen molar-refractivity contribution in [1.29, 1.82) is 0 Å². The van der Waals surface area contributed by atoms with Crippen LogP contribution in [0.5, 0.6) is 0 Å². The van der Waals surface area contributed by atoms with Gasteiger partial charge in [-0.1, -0.05) is 0 Å². The molecule has 0 heterocycles. The smallest absolute Gasteiger partial charge is 0.234 e. The maximum absolute atomic E-state index is 12.5. The van der Waals surface area contributed by atoms with Crippen LogP contribution in [-0.4, -0.2) is 61.4 Å². The number of nitrogens with one attached hydrogen (secondary N) is 4. The Morgan fingerprint density at radius 3 is 2.04 bits per heavy atom. The van der Waals surface area contributed by atoms with Crippen LogP contribution in [0.25, 0.3) is 0 Å².